The van der Waals surface area contributed by atoms with Crippen LogP contribution in [0.25, 0.3) is 0 Å². The first-order valence-electron chi connectivity index (χ1n) is 9.08. The van der Waals surface area contributed by atoms with E-state index in [2.05, 4.69) is 74.3 Å². The third-order valence-electron chi connectivity index (χ3n) is 5.26. The molecule has 0 spiro atoms. The zero-order chi connectivity index (χ0) is 17.9. The Morgan fingerprint density at radius 2 is 1.69 bits per heavy atom. The number of piperidine rings is 1. The Morgan fingerprint density at radius 1 is 1.00 bits per heavy atom. The first kappa shape index (κ1) is 17.4. The molecular weight excluding hydrogens is 388 g/mol. The number of benzene rings is 1. The summed E-state index contributed by atoms with van der Waals surface area (Å²) in [6.07, 6.45) is 10.3. The van der Waals surface area contributed by atoms with Gasteiger partial charge in [-0.2, -0.15) is 0 Å². The van der Waals surface area contributed by atoms with Crippen LogP contribution < -0.4 is 0 Å². The van der Waals surface area contributed by atoms with Crippen LogP contribution in [0.3, 0.4) is 0 Å². The zero-order valence-corrected chi connectivity index (χ0v) is 16.5. The molecule has 4 nitrogen and oxygen atoms in total. The number of aromatic nitrogens is 1. The molecule has 0 radical (unpaired) electrons. The fraction of sp³-hybridized carbons (Fsp3) is 0.333. The number of halogens is 1. The van der Waals surface area contributed by atoms with E-state index >= 15 is 0 Å². The molecule has 1 aromatic carbocycles. The van der Waals surface area contributed by atoms with Crippen molar-refractivity contribution in [1.29, 1.82) is 0 Å². The topological polar surface area (TPSA) is 31.7 Å². The van der Waals surface area contributed by atoms with Gasteiger partial charge in [0.1, 0.15) is 0 Å². The first-order valence-corrected chi connectivity index (χ1v) is 9.88. The molecule has 0 N–H and O–H groups in total. The molecule has 2 aromatic rings. The summed E-state index contributed by atoms with van der Waals surface area (Å²) < 4.78 is 1.15. The summed E-state index contributed by atoms with van der Waals surface area (Å²) in [7, 11) is 2.11. The van der Waals surface area contributed by atoms with Gasteiger partial charge in [0.25, 0.3) is 0 Å². The number of likely N-dealkylation sites (tertiary alicyclic amines) is 1. The summed E-state index contributed by atoms with van der Waals surface area (Å²) in [5.41, 5.74) is 3.61. The van der Waals surface area contributed by atoms with E-state index in [4.69, 9.17) is 4.99 Å². The maximum Gasteiger partial charge on any atom is 0.178 e. The van der Waals surface area contributed by atoms with Crippen LogP contribution in [0, 0.1) is 0 Å². The molecule has 2 aliphatic heterocycles. The molecule has 1 saturated heterocycles. The molecule has 5 heteroatoms. The average molecular weight is 411 g/mol. The molecule has 26 heavy (non-hydrogen) atoms. The molecule has 0 aliphatic carbocycles. The van der Waals surface area contributed by atoms with Crippen molar-refractivity contribution in [2.24, 2.45) is 4.99 Å². The second-order valence-corrected chi connectivity index (χ2v) is 7.86. The highest BCUT2D eigenvalue weighted by Gasteiger charge is 2.28. The number of pyridine rings is 1. The van der Waals surface area contributed by atoms with Gasteiger partial charge in [-0.05, 0) is 54.7 Å². The Labute approximate surface area is 163 Å². The lowest BCUT2D eigenvalue weighted by atomic mass is 9.89. The summed E-state index contributed by atoms with van der Waals surface area (Å²) in [6.45, 7) is 2.13. The van der Waals surface area contributed by atoms with Crippen LogP contribution in [0.15, 0.2) is 70.5 Å². The van der Waals surface area contributed by atoms with Crippen LogP contribution in [-0.4, -0.2) is 46.9 Å². The van der Waals surface area contributed by atoms with Gasteiger partial charge >= 0.3 is 0 Å². The number of nitrogens with zero attached hydrogens (tertiary/aromatic N) is 4. The molecule has 1 fully saturated rings. The summed E-state index contributed by atoms with van der Waals surface area (Å²) in [6, 6.07) is 12.8. The molecule has 1 unspecified atom stereocenters. The van der Waals surface area contributed by atoms with Crippen LogP contribution in [0.4, 0.5) is 0 Å². The lowest BCUT2D eigenvalue weighted by Crippen LogP contribution is -2.48. The maximum absolute atomic E-state index is 5.01. The van der Waals surface area contributed by atoms with Crippen LogP contribution in [0.5, 0.6) is 0 Å². The van der Waals surface area contributed by atoms with E-state index in [-0.39, 0.29) is 6.29 Å². The SMILES string of the molecule is CN1C=CC(c2ccncc2)=NC1N1CCC(c2ccc(Br)cc2)CC1. The predicted molar refractivity (Wildman–Crippen MR) is 109 cm³/mol. The Bertz CT molecular complexity index is 793. The minimum atomic E-state index is 0.0778. The predicted octanol–water partition coefficient (Wildman–Crippen LogP) is 4.26. The summed E-state index contributed by atoms with van der Waals surface area (Å²) >= 11 is 3.52. The van der Waals surface area contributed by atoms with Crippen molar-refractivity contribution in [3.8, 4) is 0 Å². The van der Waals surface area contributed by atoms with Gasteiger partial charge in [-0.15, -0.1) is 0 Å². The van der Waals surface area contributed by atoms with E-state index in [1.165, 1.54) is 18.4 Å². The van der Waals surface area contributed by atoms with Crippen LogP contribution in [0.1, 0.15) is 29.9 Å². The third-order valence-corrected chi connectivity index (χ3v) is 5.79. The highest BCUT2D eigenvalue weighted by Crippen LogP contribution is 2.30. The van der Waals surface area contributed by atoms with Crippen molar-refractivity contribution >= 4 is 21.6 Å². The van der Waals surface area contributed by atoms with E-state index in [1.54, 1.807) is 0 Å². The zero-order valence-electron chi connectivity index (χ0n) is 14.9. The van der Waals surface area contributed by atoms with Gasteiger partial charge in [0, 0.05) is 48.8 Å². The largest absolute Gasteiger partial charge is 0.347 e. The molecule has 2 aliphatic rings. The van der Waals surface area contributed by atoms with Crippen LogP contribution in [-0.2, 0) is 0 Å². The number of allylic oxidation sites excluding steroid dienone is 1. The molecule has 0 saturated carbocycles. The Hall–Kier alpha value is -1.98. The van der Waals surface area contributed by atoms with Gasteiger partial charge in [0.15, 0.2) is 6.29 Å². The number of hydrogen-bond acceptors (Lipinski definition) is 4. The molecule has 134 valence electrons. The van der Waals surface area contributed by atoms with Gasteiger partial charge in [0.05, 0.1) is 5.71 Å². The fourth-order valence-electron chi connectivity index (χ4n) is 3.75. The molecule has 1 aromatic heterocycles. The van der Waals surface area contributed by atoms with E-state index in [0.717, 1.165) is 28.8 Å². The van der Waals surface area contributed by atoms with Crippen molar-refractivity contribution in [1.82, 2.24) is 14.8 Å². The standard InChI is InChI=1S/C21H23BrN4/c1-25-13-10-20(18-6-11-23-12-7-18)24-21(25)26-14-8-17(9-15-26)16-2-4-19(22)5-3-16/h2-7,10-13,17,21H,8-9,14-15H2,1H3. The van der Waals surface area contributed by atoms with Crippen molar-refractivity contribution in [3.63, 3.8) is 0 Å². The van der Waals surface area contributed by atoms with Crippen molar-refractivity contribution in [2.75, 3.05) is 20.1 Å². The van der Waals surface area contributed by atoms with Crippen LogP contribution >= 0.6 is 15.9 Å². The molecule has 1 atom stereocenters. The smallest absolute Gasteiger partial charge is 0.178 e. The minimum absolute atomic E-state index is 0.0778. The molecule has 4 rings (SSSR count). The number of aliphatic imine (C=N–C) groups is 1. The number of hydrogen-bond donors (Lipinski definition) is 0. The van der Waals surface area contributed by atoms with E-state index in [1.807, 2.05) is 24.5 Å². The summed E-state index contributed by atoms with van der Waals surface area (Å²) in [4.78, 5) is 13.8. The lowest BCUT2D eigenvalue weighted by Gasteiger charge is -2.40. The molecule has 3 heterocycles. The normalized spacial score (nSPS) is 21.7. The minimum Gasteiger partial charge on any atom is -0.347 e. The molecule has 0 bridgehead atoms. The van der Waals surface area contributed by atoms with Crippen molar-refractivity contribution in [2.45, 2.75) is 25.0 Å². The van der Waals surface area contributed by atoms with Gasteiger partial charge in [-0.1, -0.05) is 28.1 Å². The molecule has 0 amide bonds. The quantitative estimate of drug-likeness (QED) is 0.757. The van der Waals surface area contributed by atoms with E-state index in [0.29, 0.717) is 5.92 Å². The fourth-order valence-corrected chi connectivity index (χ4v) is 4.02. The Balaban J connectivity index is 1.45. The van der Waals surface area contributed by atoms with Crippen LogP contribution in [0.2, 0.25) is 0 Å². The highest BCUT2D eigenvalue weighted by atomic mass is 79.9. The summed E-state index contributed by atoms with van der Waals surface area (Å²) in [5.74, 6) is 0.646. The van der Waals surface area contributed by atoms with Crippen molar-refractivity contribution < 1.29 is 0 Å². The second kappa shape index (κ2) is 7.72. The lowest BCUT2D eigenvalue weighted by molar-refractivity contribution is 0.0730. The monoisotopic (exact) mass is 410 g/mol. The van der Waals surface area contributed by atoms with Gasteiger partial charge in [-0.25, -0.2) is 4.99 Å². The Kier molecular flexibility index (Phi) is 5.18. The van der Waals surface area contributed by atoms with Gasteiger partial charge in [-0.3, -0.25) is 9.88 Å². The van der Waals surface area contributed by atoms with Gasteiger partial charge in [0.2, 0.25) is 0 Å². The third kappa shape index (κ3) is 3.74. The molecular formula is C21H23BrN4. The van der Waals surface area contributed by atoms with E-state index in [9.17, 15) is 0 Å². The van der Waals surface area contributed by atoms with Gasteiger partial charge < -0.3 is 4.90 Å². The summed E-state index contributed by atoms with van der Waals surface area (Å²) in [5, 5.41) is 0. The Morgan fingerprint density at radius 3 is 2.38 bits per heavy atom. The first-order chi connectivity index (χ1) is 12.7. The average Bonchev–Trinajstić information content (AvgIpc) is 2.70. The number of rotatable bonds is 3. The maximum atomic E-state index is 5.01. The van der Waals surface area contributed by atoms with E-state index < -0.39 is 0 Å². The second-order valence-electron chi connectivity index (χ2n) is 6.94. The van der Waals surface area contributed by atoms with Crippen molar-refractivity contribution in [3.05, 3.63) is 76.7 Å². The highest BCUT2D eigenvalue weighted by molar-refractivity contribution is 9.10.